The lowest BCUT2D eigenvalue weighted by atomic mass is 9.91. The monoisotopic (exact) mass is 287 g/mol. The predicted octanol–water partition coefficient (Wildman–Crippen LogP) is 2.46. The van der Waals surface area contributed by atoms with Gasteiger partial charge in [0.25, 0.3) is 0 Å². The van der Waals surface area contributed by atoms with Crippen LogP contribution in [0, 0.1) is 11.7 Å². The third-order valence-electron chi connectivity index (χ3n) is 5.06. The van der Waals surface area contributed by atoms with E-state index in [2.05, 4.69) is 21.0 Å². The molecule has 1 aromatic heterocycles. The van der Waals surface area contributed by atoms with Crippen LogP contribution in [0.15, 0.2) is 30.5 Å². The maximum Gasteiger partial charge on any atom is 0.123 e. The highest BCUT2D eigenvalue weighted by Crippen LogP contribution is 2.26. The van der Waals surface area contributed by atoms with E-state index in [0.29, 0.717) is 5.92 Å². The van der Waals surface area contributed by atoms with Crippen LogP contribution in [0.25, 0.3) is 10.9 Å². The molecule has 2 aromatic rings. The first kappa shape index (κ1) is 13.3. The van der Waals surface area contributed by atoms with Crippen molar-refractivity contribution in [1.29, 1.82) is 0 Å². The Hall–Kier alpha value is -1.39. The van der Waals surface area contributed by atoms with Crippen molar-refractivity contribution in [2.45, 2.75) is 25.4 Å². The molecule has 2 fully saturated rings. The van der Waals surface area contributed by atoms with Crippen LogP contribution < -0.4 is 5.32 Å². The topological polar surface area (TPSA) is 20.2 Å². The van der Waals surface area contributed by atoms with Crippen LogP contribution in [0.5, 0.6) is 0 Å². The number of rotatable bonds is 2. The summed E-state index contributed by atoms with van der Waals surface area (Å²) in [6.07, 6.45) is 4.70. The minimum atomic E-state index is -0.151. The molecule has 21 heavy (non-hydrogen) atoms. The van der Waals surface area contributed by atoms with Crippen LogP contribution in [0.2, 0.25) is 0 Å². The molecule has 2 atom stereocenters. The summed E-state index contributed by atoms with van der Waals surface area (Å²) in [6.45, 7) is 5.70. The van der Waals surface area contributed by atoms with Gasteiger partial charge in [0.2, 0.25) is 0 Å². The summed E-state index contributed by atoms with van der Waals surface area (Å²) in [7, 11) is 0. The van der Waals surface area contributed by atoms with Crippen molar-refractivity contribution in [3.63, 3.8) is 0 Å². The van der Waals surface area contributed by atoms with E-state index >= 15 is 0 Å². The fourth-order valence-corrected chi connectivity index (χ4v) is 3.94. The lowest BCUT2D eigenvalue weighted by Gasteiger charge is -2.43. The van der Waals surface area contributed by atoms with E-state index in [1.165, 1.54) is 25.9 Å². The normalized spacial score (nSPS) is 26.9. The molecule has 0 spiro atoms. The number of nitrogens with zero attached hydrogens (tertiary/aromatic N) is 2. The molecule has 1 N–H and O–H groups in total. The average Bonchev–Trinajstić information content (AvgIpc) is 2.89. The van der Waals surface area contributed by atoms with E-state index < -0.39 is 0 Å². The molecule has 1 aromatic carbocycles. The molecule has 0 aliphatic carbocycles. The largest absolute Gasteiger partial charge is 0.347 e. The van der Waals surface area contributed by atoms with E-state index in [4.69, 9.17) is 0 Å². The van der Waals surface area contributed by atoms with Gasteiger partial charge in [-0.05, 0) is 43.0 Å². The average molecular weight is 287 g/mol. The van der Waals surface area contributed by atoms with E-state index in [1.807, 2.05) is 12.1 Å². The molecule has 2 aliphatic rings. The number of aromatic nitrogens is 1. The first-order valence-electron chi connectivity index (χ1n) is 7.99. The minimum Gasteiger partial charge on any atom is -0.347 e. The molecular weight excluding hydrogens is 265 g/mol. The van der Waals surface area contributed by atoms with Crippen molar-refractivity contribution in [3.05, 3.63) is 36.3 Å². The van der Waals surface area contributed by atoms with Crippen molar-refractivity contribution < 1.29 is 4.39 Å². The zero-order chi connectivity index (χ0) is 14.2. The van der Waals surface area contributed by atoms with Crippen LogP contribution >= 0.6 is 0 Å². The number of benzene rings is 1. The number of hydrogen-bond acceptors (Lipinski definition) is 2. The molecule has 0 unspecified atom stereocenters. The number of nitrogens with one attached hydrogen (secondary N) is 1. The van der Waals surface area contributed by atoms with Crippen LogP contribution in [-0.4, -0.2) is 41.7 Å². The van der Waals surface area contributed by atoms with Gasteiger partial charge in [-0.3, -0.25) is 4.90 Å². The van der Waals surface area contributed by atoms with Crippen LogP contribution in [0.3, 0.4) is 0 Å². The van der Waals surface area contributed by atoms with Gasteiger partial charge in [-0.25, -0.2) is 4.39 Å². The maximum absolute atomic E-state index is 13.3. The zero-order valence-corrected chi connectivity index (χ0v) is 12.3. The second kappa shape index (κ2) is 5.43. The summed E-state index contributed by atoms with van der Waals surface area (Å²) in [6, 6.07) is 7.85. The minimum absolute atomic E-state index is 0.151. The maximum atomic E-state index is 13.3. The number of fused-ring (bicyclic) bond motifs is 2. The molecular formula is C17H22FN3. The molecule has 4 rings (SSSR count). The fraction of sp³-hybridized carbons (Fsp3) is 0.529. The van der Waals surface area contributed by atoms with Gasteiger partial charge < -0.3 is 9.88 Å². The molecule has 3 heterocycles. The van der Waals surface area contributed by atoms with Gasteiger partial charge in [-0.2, -0.15) is 0 Å². The summed E-state index contributed by atoms with van der Waals surface area (Å²) in [4.78, 5) is 2.65. The summed E-state index contributed by atoms with van der Waals surface area (Å²) in [5, 5.41) is 4.50. The number of hydrogen-bond donors (Lipinski definition) is 1. The molecule has 0 amide bonds. The molecule has 0 saturated carbocycles. The number of piperidine rings is 1. The van der Waals surface area contributed by atoms with Crippen molar-refractivity contribution >= 4 is 10.9 Å². The van der Waals surface area contributed by atoms with Crippen LogP contribution in [-0.2, 0) is 6.54 Å². The van der Waals surface area contributed by atoms with Gasteiger partial charge in [0.05, 0.1) is 0 Å². The Bertz CT molecular complexity index is 636. The van der Waals surface area contributed by atoms with Gasteiger partial charge in [-0.15, -0.1) is 0 Å². The summed E-state index contributed by atoms with van der Waals surface area (Å²) >= 11 is 0. The lowest BCUT2D eigenvalue weighted by Crippen LogP contribution is -2.55. The highest BCUT2D eigenvalue weighted by Gasteiger charge is 2.29. The van der Waals surface area contributed by atoms with E-state index in [-0.39, 0.29) is 5.82 Å². The van der Waals surface area contributed by atoms with Crippen molar-refractivity contribution in [3.8, 4) is 0 Å². The quantitative estimate of drug-likeness (QED) is 0.915. The number of piperazine rings is 1. The highest BCUT2D eigenvalue weighted by atomic mass is 19.1. The molecule has 2 saturated heterocycles. The molecule has 0 radical (unpaired) electrons. The third kappa shape index (κ3) is 2.58. The fourth-order valence-electron chi connectivity index (χ4n) is 3.94. The highest BCUT2D eigenvalue weighted by molar-refractivity contribution is 5.80. The standard InChI is InChI=1S/C17H22FN3/c18-15-2-4-17-14(9-15)5-7-21(17)12-13-1-3-16-10-19-6-8-20(16)11-13/h2,4-5,7,9,13,16,19H,1,3,6,8,10-12H2/t13-,16+/m1/s1. The summed E-state index contributed by atoms with van der Waals surface area (Å²) in [5.74, 6) is 0.557. The molecule has 0 bridgehead atoms. The second-order valence-electron chi connectivity index (χ2n) is 6.47. The molecule has 112 valence electrons. The Balaban J connectivity index is 1.50. The van der Waals surface area contributed by atoms with Gasteiger partial charge in [0.15, 0.2) is 0 Å². The van der Waals surface area contributed by atoms with E-state index in [9.17, 15) is 4.39 Å². The van der Waals surface area contributed by atoms with Gasteiger partial charge in [-0.1, -0.05) is 0 Å². The molecule has 3 nitrogen and oxygen atoms in total. The Morgan fingerprint density at radius 3 is 3.14 bits per heavy atom. The predicted molar refractivity (Wildman–Crippen MR) is 82.9 cm³/mol. The van der Waals surface area contributed by atoms with Gasteiger partial charge >= 0.3 is 0 Å². The van der Waals surface area contributed by atoms with Crippen molar-refractivity contribution in [2.75, 3.05) is 26.2 Å². The van der Waals surface area contributed by atoms with E-state index in [1.54, 1.807) is 12.1 Å². The zero-order valence-electron chi connectivity index (χ0n) is 12.3. The summed E-state index contributed by atoms with van der Waals surface area (Å²) < 4.78 is 15.6. The SMILES string of the molecule is Fc1ccc2c(ccn2C[C@@H]2CC[C@H]3CNCCN3C2)c1. The van der Waals surface area contributed by atoms with Crippen LogP contribution in [0.4, 0.5) is 4.39 Å². The second-order valence-corrected chi connectivity index (χ2v) is 6.47. The van der Waals surface area contributed by atoms with Crippen LogP contribution in [0.1, 0.15) is 12.8 Å². The molecule has 2 aliphatic heterocycles. The number of halogens is 1. The van der Waals surface area contributed by atoms with Gasteiger partial charge in [0, 0.05) is 55.9 Å². The summed E-state index contributed by atoms with van der Waals surface area (Å²) in [5.41, 5.74) is 1.15. The van der Waals surface area contributed by atoms with Gasteiger partial charge in [0.1, 0.15) is 5.82 Å². The lowest BCUT2D eigenvalue weighted by molar-refractivity contribution is 0.0797. The molecule has 4 heteroatoms. The Labute approximate surface area is 124 Å². The Kier molecular flexibility index (Phi) is 3.43. The van der Waals surface area contributed by atoms with Crippen molar-refractivity contribution in [1.82, 2.24) is 14.8 Å². The van der Waals surface area contributed by atoms with E-state index in [0.717, 1.165) is 36.6 Å². The first-order chi connectivity index (χ1) is 10.3. The third-order valence-corrected chi connectivity index (χ3v) is 5.06. The Morgan fingerprint density at radius 2 is 2.19 bits per heavy atom. The Morgan fingerprint density at radius 1 is 1.24 bits per heavy atom. The smallest absolute Gasteiger partial charge is 0.123 e. The van der Waals surface area contributed by atoms with Crippen molar-refractivity contribution in [2.24, 2.45) is 5.92 Å². The first-order valence-corrected chi connectivity index (χ1v) is 7.99.